The molecule has 17 heavy (non-hydrogen) atoms. The van der Waals surface area contributed by atoms with Gasteiger partial charge in [-0.05, 0) is 25.3 Å². The van der Waals surface area contributed by atoms with Crippen LogP contribution in [-0.2, 0) is 4.79 Å². The normalized spacial score (nSPS) is 24.5. The third-order valence-electron chi connectivity index (χ3n) is 3.22. The number of nitrogens with one attached hydrogen (secondary N) is 1. The molecule has 4 nitrogen and oxygen atoms in total. The fourth-order valence-electron chi connectivity index (χ4n) is 2.42. The maximum atomic E-state index is 10.7. The van der Waals surface area contributed by atoms with Gasteiger partial charge in [0.15, 0.2) is 0 Å². The van der Waals surface area contributed by atoms with Gasteiger partial charge in [0, 0.05) is 17.6 Å². The minimum Gasteiger partial charge on any atom is -0.508 e. The Hall–Kier alpha value is -1.55. The summed E-state index contributed by atoms with van der Waals surface area (Å²) in [5.74, 6) is -0.499. The van der Waals surface area contributed by atoms with Crippen molar-refractivity contribution >= 4 is 5.97 Å². The van der Waals surface area contributed by atoms with E-state index in [9.17, 15) is 9.90 Å². The maximum absolute atomic E-state index is 10.7. The summed E-state index contributed by atoms with van der Waals surface area (Å²) in [6, 6.07) is 7.29. The Kier molecular flexibility index (Phi) is 3.64. The van der Waals surface area contributed by atoms with Crippen LogP contribution in [0, 0.1) is 0 Å². The molecule has 1 saturated heterocycles. The summed E-state index contributed by atoms with van der Waals surface area (Å²) >= 11 is 0. The summed E-state index contributed by atoms with van der Waals surface area (Å²) in [7, 11) is 0. The Balaban J connectivity index is 2.07. The second-order valence-corrected chi connectivity index (χ2v) is 4.50. The van der Waals surface area contributed by atoms with Crippen molar-refractivity contribution in [1.82, 2.24) is 5.32 Å². The average molecular weight is 235 g/mol. The predicted molar refractivity (Wildman–Crippen MR) is 63.9 cm³/mol. The van der Waals surface area contributed by atoms with Gasteiger partial charge in [0.1, 0.15) is 5.75 Å². The molecule has 1 fully saturated rings. The van der Waals surface area contributed by atoms with Gasteiger partial charge in [-0.15, -0.1) is 0 Å². The number of aliphatic carboxylic acids is 1. The highest BCUT2D eigenvalue weighted by atomic mass is 16.4. The minimum absolute atomic E-state index is 0.00542. The number of para-hydroxylation sites is 1. The highest BCUT2D eigenvalue weighted by Gasteiger charge is 2.25. The topological polar surface area (TPSA) is 69.6 Å². The van der Waals surface area contributed by atoms with Gasteiger partial charge in [0.05, 0.1) is 6.42 Å². The first kappa shape index (κ1) is 11.9. The lowest BCUT2D eigenvalue weighted by Crippen LogP contribution is -2.38. The average Bonchev–Trinajstić information content (AvgIpc) is 2.29. The van der Waals surface area contributed by atoms with Gasteiger partial charge in [-0.2, -0.15) is 0 Å². The zero-order valence-electron chi connectivity index (χ0n) is 9.60. The van der Waals surface area contributed by atoms with Crippen LogP contribution in [0.25, 0.3) is 0 Å². The molecule has 0 radical (unpaired) electrons. The number of benzene rings is 1. The van der Waals surface area contributed by atoms with Crippen LogP contribution in [0.5, 0.6) is 5.75 Å². The molecule has 1 aliphatic rings. The molecule has 92 valence electrons. The number of carbonyl (C=O) groups is 1. The Morgan fingerprint density at radius 2 is 2.12 bits per heavy atom. The number of piperidine rings is 1. The molecule has 1 aliphatic heterocycles. The molecule has 0 bridgehead atoms. The molecule has 4 heteroatoms. The Bertz CT molecular complexity index is 405. The van der Waals surface area contributed by atoms with Gasteiger partial charge in [-0.1, -0.05) is 18.2 Å². The van der Waals surface area contributed by atoms with Crippen molar-refractivity contribution in [3.05, 3.63) is 29.8 Å². The van der Waals surface area contributed by atoms with Crippen molar-refractivity contribution in [2.75, 3.05) is 0 Å². The summed E-state index contributed by atoms with van der Waals surface area (Å²) in [4.78, 5) is 10.7. The molecule has 2 rings (SSSR count). The Morgan fingerprint density at radius 3 is 2.82 bits per heavy atom. The Labute approximate surface area is 100 Å². The van der Waals surface area contributed by atoms with E-state index in [1.54, 1.807) is 12.1 Å². The second kappa shape index (κ2) is 5.19. The largest absolute Gasteiger partial charge is 0.508 e. The molecular formula is C13H17NO3. The van der Waals surface area contributed by atoms with Crippen molar-refractivity contribution in [2.24, 2.45) is 0 Å². The van der Waals surface area contributed by atoms with Crippen LogP contribution < -0.4 is 5.32 Å². The number of hydrogen-bond donors (Lipinski definition) is 3. The van der Waals surface area contributed by atoms with Crippen LogP contribution >= 0.6 is 0 Å². The summed E-state index contributed by atoms with van der Waals surface area (Å²) in [6.07, 6.45) is 2.96. The summed E-state index contributed by atoms with van der Waals surface area (Å²) in [5, 5.41) is 21.9. The van der Waals surface area contributed by atoms with E-state index < -0.39 is 5.97 Å². The van der Waals surface area contributed by atoms with Gasteiger partial charge in [0.2, 0.25) is 0 Å². The molecule has 1 heterocycles. The lowest BCUT2D eigenvalue weighted by Gasteiger charge is -2.30. The van der Waals surface area contributed by atoms with E-state index in [0.29, 0.717) is 0 Å². The molecule has 1 aromatic rings. The van der Waals surface area contributed by atoms with E-state index in [2.05, 4.69) is 5.32 Å². The molecular weight excluding hydrogens is 218 g/mol. The standard InChI is InChI=1S/C13H17NO3/c15-12-7-2-1-5-10(12)11-6-3-4-9(14-11)8-13(16)17/h1-2,5,7,9,11,14-15H,3-4,6,8H2,(H,16,17). The second-order valence-electron chi connectivity index (χ2n) is 4.50. The van der Waals surface area contributed by atoms with Gasteiger partial charge in [-0.25, -0.2) is 0 Å². The molecule has 2 atom stereocenters. The monoisotopic (exact) mass is 235 g/mol. The lowest BCUT2D eigenvalue weighted by atomic mass is 9.92. The molecule has 0 spiro atoms. The summed E-state index contributed by atoms with van der Waals surface area (Å²) < 4.78 is 0. The first-order valence-corrected chi connectivity index (χ1v) is 5.92. The molecule has 0 aromatic heterocycles. The van der Waals surface area contributed by atoms with E-state index in [1.807, 2.05) is 12.1 Å². The van der Waals surface area contributed by atoms with Crippen molar-refractivity contribution < 1.29 is 15.0 Å². The highest BCUT2D eigenvalue weighted by Crippen LogP contribution is 2.31. The first-order chi connectivity index (χ1) is 8.16. The zero-order valence-corrected chi connectivity index (χ0v) is 9.60. The van der Waals surface area contributed by atoms with E-state index in [-0.39, 0.29) is 24.3 Å². The third-order valence-corrected chi connectivity index (χ3v) is 3.22. The van der Waals surface area contributed by atoms with Crippen LogP contribution in [0.3, 0.4) is 0 Å². The van der Waals surface area contributed by atoms with Crippen molar-refractivity contribution in [3.63, 3.8) is 0 Å². The predicted octanol–water partition coefficient (Wildman–Crippen LogP) is 2.05. The van der Waals surface area contributed by atoms with Crippen molar-refractivity contribution in [3.8, 4) is 5.75 Å². The summed E-state index contributed by atoms with van der Waals surface area (Å²) in [5.41, 5.74) is 0.864. The number of aromatic hydroxyl groups is 1. The van der Waals surface area contributed by atoms with Crippen LogP contribution in [0.4, 0.5) is 0 Å². The van der Waals surface area contributed by atoms with Crippen LogP contribution in [0.2, 0.25) is 0 Å². The number of carboxylic acid groups (broad SMARTS) is 1. The summed E-state index contributed by atoms with van der Waals surface area (Å²) in [6.45, 7) is 0. The fraction of sp³-hybridized carbons (Fsp3) is 0.462. The number of carboxylic acids is 1. The van der Waals surface area contributed by atoms with Crippen molar-refractivity contribution in [2.45, 2.75) is 37.8 Å². The Morgan fingerprint density at radius 1 is 1.35 bits per heavy atom. The zero-order chi connectivity index (χ0) is 12.3. The number of phenolic OH excluding ortho intramolecular Hbond substituents is 1. The quantitative estimate of drug-likeness (QED) is 0.750. The number of rotatable bonds is 3. The molecule has 1 aromatic carbocycles. The smallest absolute Gasteiger partial charge is 0.304 e. The molecule has 3 N–H and O–H groups in total. The van der Waals surface area contributed by atoms with Gasteiger partial charge < -0.3 is 15.5 Å². The number of phenols is 1. The molecule has 0 amide bonds. The first-order valence-electron chi connectivity index (χ1n) is 5.92. The van der Waals surface area contributed by atoms with Gasteiger partial charge in [-0.3, -0.25) is 4.79 Å². The van der Waals surface area contributed by atoms with Gasteiger partial charge in [0.25, 0.3) is 0 Å². The minimum atomic E-state index is -0.777. The third kappa shape index (κ3) is 2.97. The van der Waals surface area contributed by atoms with E-state index in [1.165, 1.54) is 0 Å². The molecule has 0 aliphatic carbocycles. The highest BCUT2D eigenvalue weighted by molar-refractivity contribution is 5.67. The van der Waals surface area contributed by atoms with Crippen LogP contribution in [-0.4, -0.2) is 22.2 Å². The number of hydrogen-bond acceptors (Lipinski definition) is 3. The van der Waals surface area contributed by atoms with E-state index in [4.69, 9.17) is 5.11 Å². The fourth-order valence-corrected chi connectivity index (χ4v) is 2.42. The van der Waals surface area contributed by atoms with E-state index >= 15 is 0 Å². The van der Waals surface area contributed by atoms with Crippen LogP contribution in [0.1, 0.15) is 37.3 Å². The lowest BCUT2D eigenvalue weighted by molar-refractivity contribution is -0.137. The van der Waals surface area contributed by atoms with E-state index in [0.717, 1.165) is 24.8 Å². The van der Waals surface area contributed by atoms with Crippen molar-refractivity contribution in [1.29, 1.82) is 0 Å². The van der Waals surface area contributed by atoms with Gasteiger partial charge >= 0.3 is 5.97 Å². The molecule has 2 unspecified atom stereocenters. The SMILES string of the molecule is O=C(O)CC1CCCC(c2ccccc2O)N1. The van der Waals surface area contributed by atoms with Crippen LogP contribution in [0.15, 0.2) is 24.3 Å². The maximum Gasteiger partial charge on any atom is 0.304 e. The molecule has 0 saturated carbocycles.